The second-order valence-electron chi connectivity index (χ2n) is 6.42. The first-order valence-corrected chi connectivity index (χ1v) is 9.22. The molecule has 0 aliphatic carbocycles. The molecule has 0 saturated carbocycles. The number of hydrogen-bond donors (Lipinski definition) is 1. The largest absolute Gasteiger partial charge is 0.270 e. The van der Waals surface area contributed by atoms with Gasteiger partial charge in [0, 0.05) is 28.8 Å². The number of hydrazone groups is 1. The van der Waals surface area contributed by atoms with Gasteiger partial charge in [0.25, 0.3) is 5.69 Å². The predicted molar refractivity (Wildman–Crippen MR) is 117 cm³/mol. The lowest BCUT2D eigenvalue weighted by Gasteiger charge is -2.08. The minimum atomic E-state index is -0.441. The van der Waals surface area contributed by atoms with E-state index in [1.54, 1.807) is 12.1 Å². The Labute approximate surface area is 172 Å². The molecule has 4 aromatic rings. The van der Waals surface area contributed by atoms with Crippen LogP contribution in [0.3, 0.4) is 0 Å². The molecule has 0 radical (unpaired) electrons. The molecule has 1 aromatic heterocycles. The average molecular weight is 395 g/mol. The molecule has 7 nitrogen and oxygen atoms in total. The van der Waals surface area contributed by atoms with Crippen LogP contribution in [0.25, 0.3) is 22.5 Å². The van der Waals surface area contributed by atoms with Crippen molar-refractivity contribution in [3.05, 3.63) is 107 Å². The number of nitrogens with zero attached hydrogens (tertiary/aromatic N) is 4. The third-order valence-corrected chi connectivity index (χ3v) is 4.32. The van der Waals surface area contributed by atoms with Crippen LogP contribution in [-0.2, 0) is 0 Å². The van der Waals surface area contributed by atoms with Crippen LogP contribution in [0.2, 0.25) is 0 Å². The van der Waals surface area contributed by atoms with E-state index in [1.165, 1.54) is 18.3 Å². The molecule has 0 aliphatic heterocycles. The molecule has 1 N–H and O–H groups in total. The van der Waals surface area contributed by atoms with Gasteiger partial charge in [-0.1, -0.05) is 72.8 Å². The summed E-state index contributed by atoms with van der Waals surface area (Å²) < 4.78 is 0. The van der Waals surface area contributed by atoms with Crippen molar-refractivity contribution in [1.29, 1.82) is 0 Å². The zero-order chi connectivity index (χ0) is 20.8. The van der Waals surface area contributed by atoms with Crippen LogP contribution in [0.4, 0.5) is 11.6 Å². The second kappa shape index (κ2) is 8.74. The van der Waals surface area contributed by atoms with Gasteiger partial charge in [0.2, 0.25) is 5.95 Å². The fraction of sp³-hybridized carbons (Fsp3) is 0. The lowest BCUT2D eigenvalue weighted by atomic mass is 10.1. The van der Waals surface area contributed by atoms with Crippen molar-refractivity contribution in [2.45, 2.75) is 0 Å². The summed E-state index contributed by atoms with van der Waals surface area (Å²) in [5, 5.41) is 15.1. The highest BCUT2D eigenvalue weighted by atomic mass is 16.6. The fourth-order valence-electron chi connectivity index (χ4n) is 2.89. The average Bonchev–Trinajstić information content (AvgIpc) is 2.80. The van der Waals surface area contributed by atoms with Crippen molar-refractivity contribution in [2.75, 3.05) is 5.43 Å². The summed E-state index contributed by atoms with van der Waals surface area (Å²) >= 11 is 0. The number of rotatable bonds is 6. The molecule has 0 spiro atoms. The molecule has 30 heavy (non-hydrogen) atoms. The van der Waals surface area contributed by atoms with E-state index < -0.39 is 4.92 Å². The van der Waals surface area contributed by atoms with Crippen molar-refractivity contribution < 1.29 is 4.92 Å². The molecule has 146 valence electrons. The van der Waals surface area contributed by atoms with Gasteiger partial charge < -0.3 is 0 Å². The number of nitrogens with one attached hydrogen (secondary N) is 1. The highest BCUT2D eigenvalue weighted by molar-refractivity contribution is 5.81. The van der Waals surface area contributed by atoms with Gasteiger partial charge in [-0.2, -0.15) is 5.10 Å². The maximum absolute atomic E-state index is 10.9. The third kappa shape index (κ3) is 4.53. The van der Waals surface area contributed by atoms with Crippen molar-refractivity contribution in [3.63, 3.8) is 0 Å². The topological polar surface area (TPSA) is 93.3 Å². The van der Waals surface area contributed by atoms with Gasteiger partial charge in [-0.25, -0.2) is 15.4 Å². The minimum absolute atomic E-state index is 0.00707. The number of non-ortho nitro benzene ring substituents is 1. The number of nitro benzene ring substituents is 1. The molecule has 3 aromatic carbocycles. The lowest BCUT2D eigenvalue weighted by molar-refractivity contribution is -0.384. The Kier molecular flexibility index (Phi) is 5.52. The number of nitro groups is 1. The van der Waals surface area contributed by atoms with Gasteiger partial charge in [-0.05, 0) is 6.07 Å². The van der Waals surface area contributed by atoms with Crippen LogP contribution in [0.1, 0.15) is 5.56 Å². The molecule has 0 bridgehead atoms. The summed E-state index contributed by atoms with van der Waals surface area (Å²) in [6.07, 6.45) is 1.49. The summed E-state index contributed by atoms with van der Waals surface area (Å²) in [6.45, 7) is 0. The quantitative estimate of drug-likeness (QED) is 0.276. The maximum atomic E-state index is 10.9. The van der Waals surface area contributed by atoms with Gasteiger partial charge in [-0.15, -0.1) is 0 Å². The highest BCUT2D eigenvalue weighted by Gasteiger charge is 2.08. The Morgan fingerprint density at radius 1 is 0.800 bits per heavy atom. The number of aromatic nitrogens is 2. The van der Waals surface area contributed by atoms with Crippen molar-refractivity contribution in [3.8, 4) is 22.5 Å². The van der Waals surface area contributed by atoms with E-state index in [2.05, 4.69) is 20.5 Å². The fourth-order valence-corrected chi connectivity index (χ4v) is 2.89. The summed E-state index contributed by atoms with van der Waals surface area (Å²) in [5.41, 5.74) is 6.89. The Hall–Kier alpha value is -4.39. The van der Waals surface area contributed by atoms with Crippen LogP contribution in [-0.4, -0.2) is 21.1 Å². The molecule has 0 atom stereocenters. The second-order valence-corrected chi connectivity index (χ2v) is 6.42. The lowest BCUT2D eigenvalue weighted by Crippen LogP contribution is -2.00. The molecule has 0 saturated heterocycles. The van der Waals surface area contributed by atoms with E-state index in [-0.39, 0.29) is 5.69 Å². The smallest absolute Gasteiger partial charge is 0.258 e. The molecule has 1 heterocycles. The van der Waals surface area contributed by atoms with Crippen LogP contribution < -0.4 is 5.43 Å². The van der Waals surface area contributed by atoms with Crippen molar-refractivity contribution in [2.24, 2.45) is 5.10 Å². The van der Waals surface area contributed by atoms with E-state index in [9.17, 15) is 10.1 Å². The summed E-state index contributed by atoms with van der Waals surface area (Å²) in [4.78, 5) is 19.6. The zero-order valence-corrected chi connectivity index (χ0v) is 15.8. The van der Waals surface area contributed by atoms with E-state index in [0.29, 0.717) is 11.5 Å². The van der Waals surface area contributed by atoms with E-state index in [1.807, 2.05) is 66.7 Å². The normalized spacial score (nSPS) is 10.8. The molecule has 0 unspecified atom stereocenters. The maximum Gasteiger partial charge on any atom is 0.270 e. The van der Waals surface area contributed by atoms with Crippen molar-refractivity contribution in [1.82, 2.24) is 9.97 Å². The van der Waals surface area contributed by atoms with Gasteiger partial charge in [-0.3, -0.25) is 10.1 Å². The minimum Gasteiger partial charge on any atom is -0.258 e. The van der Waals surface area contributed by atoms with Crippen molar-refractivity contribution >= 4 is 17.9 Å². The third-order valence-electron chi connectivity index (χ3n) is 4.32. The summed E-state index contributed by atoms with van der Waals surface area (Å²) in [5.74, 6) is 0.330. The molecule has 0 aliphatic rings. The van der Waals surface area contributed by atoms with Gasteiger partial charge in [0.15, 0.2) is 0 Å². The van der Waals surface area contributed by atoms with E-state index in [4.69, 9.17) is 0 Å². The van der Waals surface area contributed by atoms with Crippen LogP contribution in [0, 0.1) is 10.1 Å². The molecule has 7 heteroatoms. The van der Waals surface area contributed by atoms with Gasteiger partial charge >= 0.3 is 0 Å². The Balaban J connectivity index is 1.65. The van der Waals surface area contributed by atoms with Crippen LogP contribution in [0.5, 0.6) is 0 Å². The Morgan fingerprint density at radius 3 is 1.97 bits per heavy atom. The van der Waals surface area contributed by atoms with E-state index >= 15 is 0 Å². The first-order chi connectivity index (χ1) is 14.7. The molecular weight excluding hydrogens is 378 g/mol. The SMILES string of the molecule is O=[N+]([O-])c1cccc(C=NNc2nc(-c3ccccc3)cc(-c3ccccc3)n2)c1. The number of benzene rings is 3. The molecule has 4 rings (SSSR count). The number of hydrogen-bond acceptors (Lipinski definition) is 6. The van der Waals surface area contributed by atoms with Crippen LogP contribution >= 0.6 is 0 Å². The zero-order valence-electron chi connectivity index (χ0n) is 15.8. The molecule has 0 amide bonds. The van der Waals surface area contributed by atoms with Gasteiger partial charge in [0.1, 0.15) is 0 Å². The van der Waals surface area contributed by atoms with E-state index in [0.717, 1.165) is 22.5 Å². The number of anilines is 1. The molecular formula is C23H17N5O2. The van der Waals surface area contributed by atoms with Crippen LogP contribution in [0.15, 0.2) is 96.1 Å². The first-order valence-electron chi connectivity index (χ1n) is 9.22. The molecule has 0 fully saturated rings. The summed E-state index contributed by atoms with van der Waals surface area (Å²) in [7, 11) is 0. The monoisotopic (exact) mass is 395 g/mol. The highest BCUT2D eigenvalue weighted by Crippen LogP contribution is 2.25. The standard InChI is InChI=1S/C23H17N5O2/c29-28(30)20-13-7-8-17(14-20)16-24-27-23-25-21(18-9-3-1-4-10-18)15-22(26-23)19-11-5-2-6-12-19/h1-16H,(H,25,26,27). The first kappa shape index (κ1) is 18.9. The summed E-state index contributed by atoms with van der Waals surface area (Å²) in [6, 6.07) is 27.8. The van der Waals surface area contributed by atoms with Gasteiger partial charge in [0.05, 0.1) is 22.5 Å². The Morgan fingerprint density at radius 2 is 1.40 bits per heavy atom. The predicted octanol–water partition coefficient (Wildman–Crippen LogP) is 5.16. The Bertz CT molecular complexity index is 1140.